The zero-order chi connectivity index (χ0) is 24.3. The zero-order valence-electron chi connectivity index (χ0n) is 20.1. The summed E-state index contributed by atoms with van der Waals surface area (Å²) in [7, 11) is 0. The van der Waals surface area contributed by atoms with Crippen LogP contribution in [0.15, 0.2) is 25.3 Å². The van der Waals surface area contributed by atoms with E-state index >= 15 is 0 Å². The van der Waals surface area contributed by atoms with Crippen LogP contribution in [0.25, 0.3) is 0 Å². The monoisotopic (exact) mass is 462 g/mol. The number of rotatable bonds is 12. The third-order valence-corrected chi connectivity index (χ3v) is 7.51. The Labute approximate surface area is 196 Å². The molecule has 1 spiro atoms. The summed E-state index contributed by atoms with van der Waals surface area (Å²) in [5.74, 6) is -2.57. The highest BCUT2D eigenvalue weighted by atomic mass is 16.6. The van der Waals surface area contributed by atoms with Gasteiger partial charge in [-0.25, -0.2) is 0 Å². The molecule has 33 heavy (non-hydrogen) atoms. The molecule has 2 amide bonds. The van der Waals surface area contributed by atoms with Gasteiger partial charge in [0, 0.05) is 12.6 Å². The molecule has 3 unspecified atom stereocenters. The molecular weight excluding hydrogens is 424 g/mol. The highest BCUT2D eigenvalue weighted by Crippen LogP contribution is 2.59. The average Bonchev–Trinajstić information content (AvgIpc) is 3.44. The van der Waals surface area contributed by atoms with Gasteiger partial charge in [-0.2, -0.15) is 0 Å². The number of ether oxygens (including phenoxy) is 2. The second-order valence-corrected chi connectivity index (χ2v) is 9.38. The van der Waals surface area contributed by atoms with Crippen LogP contribution in [0, 0.1) is 11.8 Å². The molecule has 3 fully saturated rings. The molecule has 0 aliphatic carbocycles. The summed E-state index contributed by atoms with van der Waals surface area (Å²) < 4.78 is 11.7. The van der Waals surface area contributed by atoms with Crippen molar-refractivity contribution < 1.29 is 29.0 Å². The Kier molecular flexibility index (Phi) is 8.00. The van der Waals surface area contributed by atoms with Crippen molar-refractivity contribution in [2.45, 2.75) is 82.7 Å². The maximum atomic E-state index is 14.1. The van der Waals surface area contributed by atoms with Gasteiger partial charge in [0.1, 0.15) is 18.2 Å². The fourth-order valence-electron chi connectivity index (χ4n) is 6.04. The fourth-order valence-corrected chi connectivity index (χ4v) is 6.04. The number of hydrogen-bond donors (Lipinski definition) is 1. The Morgan fingerprint density at radius 3 is 2.67 bits per heavy atom. The number of carbonyl (C=O) groups is 3. The summed E-state index contributed by atoms with van der Waals surface area (Å²) in [5, 5.41) is 10.1. The Morgan fingerprint density at radius 2 is 2.09 bits per heavy atom. The first-order valence-corrected chi connectivity index (χ1v) is 12.1. The molecule has 0 saturated carbocycles. The van der Waals surface area contributed by atoms with E-state index in [2.05, 4.69) is 20.1 Å². The molecule has 7 atom stereocenters. The molecule has 0 aromatic rings. The van der Waals surface area contributed by atoms with Crippen LogP contribution in [-0.4, -0.2) is 82.3 Å². The van der Waals surface area contributed by atoms with Crippen molar-refractivity contribution in [2.75, 3.05) is 19.8 Å². The third kappa shape index (κ3) is 4.12. The average molecular weight is 463 g/mol. The molecule has 8 heteroatoms. The Bertz CT molecular complexity index is 781. The van der Waals surface area contributed by atoms with Crippen molar-refractivity contribution in [1.82, 2.24) is 9.80 Å². The van der Waals surface area contributed by atoms with Crippen molar-refractivity contribution in [1.29, 1.82) is 0 Å². The number of carbonyl (C=O) groups excluding carboxylic acids is 3. The van der Waals surface area contributed by atoms with E-state index in [4.69, 9.17) is 9.47 Å². The molecule has 0 aromatic carbocycles. The SMILES string of the molecule is C=CCOC(=O)[C@@H]1[C@@H]2CCC3(O2)C(C(=O)N(CC=C)C(C)CCC)N([C@@H](CC)CO)C(=O)[C@H]13. The van der Waals surface area contributed by atoms with Gasteiger partial charge in [-0.1, -0.05) is 39.0 Å². The van der Waals surface area contributed by atoms with Crippen LogP contribution in [0.3, 0.4) is 0 Å². The Balaban J connectivity index is 2.06. The largest absolute Gasteiger partial charge is 0.461 e. The third-order valence-electron chi connectivity index (χ3n) is 7.51. The second kappa shape index (κ2) is 10.4. The molecule has 0 radical (unpaired) electrons. The molecule has 3 rings (SSSR count). The van der Waals surface area contributed by atoms with Gasteiger partial charge >= 0.3 is 5.97 Å². The van der Waals surface area contributed by atoms with Crippen LogP contribution in [0.2, 0.25) is 0 Å². The molecule has 3 saturated heterocycles. The van der Waals surface area contributed by atoms with Crippen LogP contribution in [0.5, 0.6) is 0 Å². The summed E-state index contributed by atoms with van der Waals surface area (Å²) >= 11 is 0. The molecule has 2 bridgehead atoms. The molecule has 0 aromatic heterocycles. The van der Waals surface area contributed by atoms with E-state index in [0.717, 1.165) is 12.8 Å². The van der Waals surface area contributed by atoms with Crippen molar-refractivity contribution in [3.8, 4) is 0 Å². The first kappa shape index (κ1) is 25.4. The maximum absolute atomic E-state index is 14.1. The number of aliphatic hydroxyl groups is 1. The lowest BCUT2D eigenvalue weighted by Gasteiger charge is -2.40. The van der Waals surface area contributed by atoms with Gasteiger partial charge in [-0.05, 0) is 32.6 Å². The van der Waals surface area contributed by atoms with Gasteiger partial charge in [0.25, 0.3) is 0 Å². The molecule has 184 valence electrons. The number of nitrogens with zero attached hydrogens (tertiary/aromatic N) is 2. The van der Waals surface area contributed by atoms with E-state index in [9.17, 15) is 19.5 Å². The van der Waals surface area contributed by atoms with Gasteiger partial charge in [0.05, 0.1) is 30.6 Å². The van der Waals surface area contributed by atoms with Crippen LogP contribution in [0.4, 0.5) is 0 Å². The number of likely N-dealkylation sites (tertiary alicyclic amines) is 1. The number of amides is 2. The van der Waals surface area contributed by atoms with E-state index in [1.807, 2.05) is 13.8 Å². The standard InChI is InChI=1S/C25H38N2O6/c1-6-10-16(5)26(13-7-2)23(30)21-25-12-11-18(33-25)19(24(31)32-14-8-3)20(25)22(29)27(21)17(9-4)15-28/h7-8,16-21,28H,2-3,6,9-15H2,1,4-5H3/t16?,17-,18-,19+,20-,21?,25?/m0/s1. The first-order chi connectivity index (χ1) is 15.8. The summed E-state index contributed by atoms with van der Waals surface area (Å²) in [6.07, 6.45) is 6.01. The normalized spacial score (nSPS) is 31.8. The number of aliphatic hydroxyl groups excluding tert-OH is 1. The van der Waals surface area contributed by atoms with E-state index in [1.54, 1.807) is 11.0 Å². The lowest BCUT2D eigenvalue weighted by Crippen LogP contribution is -2.60. The van der Waals surface area contributed by atoms with E-state index in [0.29, 0.717) is 25.8 Å². The predicted octanol–water partition coefficient (Wildman–Crippen LogP) is 2.06. The highest BCUT2D eigenvalue weighted by Gasteiger charge is 2.75. The Morgan fingerprint density at radius 1 is 1.36 bits per heavy atom. The number of fused-ring (bicyclic) bond motifs is 1. The van der Waals surface area contributed by atoms with Crippen molar-refractivity contribution in [3.63, 3.8) is 0 Å². The van der Waals surface area contributed by atoms with Crippen molar-refractivity contribution in [2.24, 2.45) is 11.8 Å². The van der Waals surface area contributed by atoms with Crippen LogP contribution < -0.4 is 0 Å². The number of esters is 1. The van der Waals surface area contributed by atoms with E-state index in [-0.39, 0.29) is 31.1 Å². The van der Waals surface area contributed by atoms with Crippen LogP contribution in [0.1, 0.15) is 52.9 Å². The van der Waals surface area contributed by atoms with Gasteiger partial charge in [0.15, 0.2) is 0 Å². The van der Waals surface area contributed by atoms with Crippen molar-refractivity contribution >= 4 is 17.8 Å². The van der Waals surface area contributed by atoms with Gasteiger partial charge in [-0.3, -0.25) is 14.4 Å². The lowest BCUT2D eigenvalue weighted by molar-refractivity contribution is -0.156. The fraction of sp³-hybridized carbons (Fsp3) is 0.720. The Hall–Kier alpha value is -2.19. The topological polar surface area (TPSA) is 96.4 Å². The van der Waals surface area contributed by atoms with E-state index < -0.39 is 41.6 Å². The summed E-state index contributed by atoms with van der Waals surface area (Å²) in [5.41, 5.74) is -1.09. The minimum Gasteiger partial charge on any atom is -0.461 e. The quantitative estimate of drug-likeness (QED) is 0.352. The van der Waals surface area contributed by atoms with Crippen molar-refractivity contribution in [3.05, 3.63) is 25.3 Å². The molecule has 3 aliphatic heterocycles. The van der Waals surface area contributed by atoms with Gasteiger partial charge < -0.3 is 24.4 Å². The molecule has 1 N–H and O–H groups in total. The smallest absolute Gasteiger partial charge is 0.312 e. The molecule has 3 aliphatic rings. The maximum Gasteiger partial charge on any atom is 0.312 e. The predicted molar refractivity (Wildman–Crippen MR) is 123 cm³/mol. The summed E-state index contributed by atoms with van der Waals surface area (Å²) in [6.45, 7) is 13.5. The number of hydrogen-bond acceptors (Lipinski definition) is 6. The zero-order valence-corrected chi connectivity index (χ0v) is 20.1. The van der Waals surface area contributed by atoms with E-state index in [1.165, 1.54) is 11.0 Å². The summed E-state index contributed by atoms with van der Waals surface area (Å²) in [4.78, 5) is 44.1. The van der Waals surface area contributed by atoms with Crippen LogP contribution >= 0.6 is 0 Å². The lowest BCUT2D eigenvalue weighted by atomic mass is 9.70. The van der Waals surface area contributed by atoms with Crippen LogP contribution in [-0.2, 0) is 23.9 Å². The molecular formula is C25H38N2O6. The first-order valence-electron chi connectivity index (χ1n) is 12.1. The second-order valence-electron chi connectivity index (χ2n) is 9.38. The van der Waals surface area contributed by atoms with Gasteiger partial charge in [-0.15, -0.1) is 6.58 Å². The minimum absolute atomic E-state index is 0.0472. The summed E-state index contributed by atoms with van der Waals surface area (Å²) in [6, 6.07) is -1.48. The minimum atomic E-state index is -1.09. The van der Waals surface area contributed by atoms with Gasteiger partial charge in [0.2, 0.25) is 11.8 Å². The highest BCUT2D eigenvalue weighted by molar-refractivity contribution is 5.98. The molecule has 8 nitrogen and oxygen atoms in total. The molecule has 3 heterocycles.